The largest absolute Gasteiger partial charge is 0.325 e. The number of nitrogens with one attached hydrogen (secondary N) is 1. The molecule has 1 aromatic rings. The molecule has 1 amide bonds. The predicted octanol–water partition coefficient (Wildman–Crippen LogP) is 3.91. The van der Waals surface area contributed by atoms with Crippen molar-refractivity contribution in [2.75, 3.05) is 11.1 Å². The van der Waals surface area contributed by atoms with Crippen LogP contribution in [0.2, 0.25) is 0 Å². The maximum Gasteiger partial charge on any atom is 0.234 e. The van der Waals surface area contributed by atoms with Gasteiger partial charge in [0, 0.05) is 14.5 Å². The standard InChI is InChI=1S/C13H16INOS/c14-10-4-3-5-11(8-10)15-13(16)9-17-12-6-1-2-7-12/h3-5,8,12H,1-2,6-7,9H2,(H,15,16). The van der Waals surface area contributed by atoms with Crippen LogP contribution in [0.5, 0.6) is 0 Å². The van der Waals surface area contributed by atoms with E-state index in [4.69, 9.17) is 0 Å². The van der Waals surface area contributed by atoms with E-state index in [1.807, 2.05) is 24.3 Å². The number of thioether (sulfide) groups is 1. The smallest absolute Gasteiger partial charge is 0.234 e. The number of carbonyl (C=O) groups is 1. The molecular weight excluding hydrogens is 345 g/mol. The van der Waals surface area contributed by atoms with Gasteiger partial charge in [0.1, 0.15) is 0 Å². The number of carbonyl (C=O) groups excluding carboxylic acids is 1. The summed E-state index contributed by atoms with van der Waals surface area (Å²) in [5.74, 6) is 0.694. The van der Waals surface area contributed by atoms with Gasteiger partial charge in [-0.3, -0.25) is 4.79 Å². The minimum atomic E-state index is 0.115. The average Bonchev–Trinajstić information content (AvgIpc) is 2.79. The monoisotopic (exact) mass is 361 g/mol. The van der Waals surface area contributed by atoms with Crippen LogP contribution in [-0.4, -0.2) is 16.9 Å². The molecule has 1 aliphatic carbocycles. The Morgan fingerprint density at radius 1 is 1.41 bits per heavy atom. The predicted molar refractivity (Wildman–Crippen MR) is 82.5 cm³/mol. The molecule has 4 heteroatoms. The molecule has 1 N–H and O–H groups in total. The van der Waals surface area contributed by atoms with Gasteiger partial charge in [0.15, 0.2) is 0 Å². The van der Waals surface area contributed by atoms with Crippen LogP contribution >= 0.6 is 34.4 Å². The Labute approximate surface area is 120 Å². The van der Waals surface area contributed by atoms with Crippen LogP contribution in [0, 0.1) is 3.57 Å². The summed E-state index contributed by atoms with van der Waals surface area (Å²) in [6.07, 6.45) is 5.22. The lowest BCUT2D eigenvalue weighted by Crippen LogP contribution is -2.15. The summed E-state index contributed by atoms with van der Waals surface area (Å²) in [4.78, 5) is 11.7. The normalized spacial score (nSPS) is 16.1. The van der Waals surface area contributed by atoms with Gasteiger partial charge >= 0.3 is 0 Å². The van der Waals surface area contributed by atoms with E-state index in [0.717, 1.165) is 9.26 Å². The summed E-state index contributed by atoms with van der Waals surface area (Å²) in [7, 11) is 0. The zero-order valence-corrected chi connectivity index (χ0v) is 12.6. The molecule has 0 saturated heterocycles. The minimum absolute atomic E-state index is 0.115. The number of benzene rings is 1. The van der Waals surface area contributed by atoms with Gasteiger partial charge in [-0.1, -0.05) is 18.9 Å². The van der Waals surface area contributed by atoms with Gasteiger partial charge in [0.05, 0.1) is 5.75 Å². The first-order valence-corrected chi connectivity index (χ1v) is 8.04. The van der Waals surface area contributed by atoms with Gasteiger partial charge in [0.25, 0.3) is 0 Å². The molecule has 0 bridgehead atoms. The fourth-order valence-electron chi connectivity index (χ4n) is 2.01. The number of halogens is 1. The lowest BCUT2D eigenvalue weighted by Gasteiger charge is -2.09. The van der Waals surface area contributed by atoms with Gasteiger partial charge in [0.2, 0.25) is 5.91 Å². The molecule has 0 spiro atoms. The highest BCUT2D eigenvalue weighted by Gasteiger charge is 2.16. The Balaban J connectivity index is 1.76. The highest BCUT2D eigenvalue weighted by molar-refractivity contribution is 14.1. The van der Waals surface area contributed by atoms with Crippen LogP contribution < -0.4 is 5.32 Å². The fraction of sp³-hybridized carbons (Fsp3) is 0.462. The van der Waals surface area contributed by atoms with E-state index in [0.29, 0.717) is 11.0 Å². The second-order valence-corrected chi connectivity index (χ2v) is 6.81. The molecule has 0 aliphatic heterocycles. The van der Waals surface area contributed by atoms with Gasteiger partial charge in [-0.15, -0.1) is 11.8 Å². The van der Waals surface area contributed by atoms with Crippen molar-refractivity contribution in [3.63, 3.8) is 0 Å². The lowest BCUT2D eigenvalue weighted by atomic mass is 10.3. The van der Waals surface area contributed by atoms with Gasteiger partial charge < -0.3 is 5.32 Å². The van der Waals surface area contributed by atoms with E-state index >= 15 is 0 Å². The maximum atomic E-state index is 11.7. The van der Waals surface area contributed by atoms with Crippen LogP contribution in [0.4, 0.5) is 5.69 Å². The van der Waals surface area contributed by atoms with Crippen molar-refractivity contribution in [2.24, 2.45) is 0 Å². The number of amides is 1. The molecule has 2 nitrogen and oxygen atoms in total. The summed E-state index contributed by atoms with van der Waals surface area (Å²) in [5, 5.41) is 3.65. The van der Waals surface area contributed by atoms with Crippen molar-refractivity contribution >= 4 is 45.9 Å². The highest BCUT2D eigenvalue weighted by atomic mass is 127. The SMILES string of the molecule is O=C(CSC1CCCC1)Nc1cccc(I)c1. The summed E-state index contributed by atoms with van der Waals surface area (Å²) >= 11 is 4.05. The second kappa shape index (κ2) is 6.64. The molecule has 0 heterocycles. The number of hydrogen-bond acceptors (Lipinski definition) is 2. The fourth-order valence-corrected chi connectivity index (χ4v) is 3.68. The van der Waals surface area contributed by atoms with Crippen LogP contribution in [0.3, 0.4) is 0 Å². The molecule has 1 fully saturated rings. The van der Waals surface area contributed by atoms with E-state index < -0.39 is 0 Å². The first-order chi connectivity index (χ1) is 8.24. The number of hydrogen-bond donors (Lipinski definition) is 1. The van der Waals surface area contributed by atoms with E-state index in [2.05, 4.69) is 27.9 Å². The topological polar surface area (TPSA) is 29.1 Å². The Bertz CT molecular complexity index is 391. The summed E-state index contributed by atoms with van der Waals surface area (Å²) in [6, 6.07) is 7.89. The third-order valence-corrected chi connectivity index (χ3v) is 4.90. The lowest BCUT2D eigenvalue weighted by molar-refractivity contribution is -0.113. The van der Waals surface area contributed by atoms with Crippen molar-refractivity contribution in [1.29, 1.82) is 0 Å². The molecule has 0 aromatic heterocycles. The van der Waals surface area contributed by atoms with Crippen molar-refractivity contribution in [3.05, 3.63) is 27.8 Å². The van der Waals surface area contributed by atoms with E-state index in [1.54, 1.807) is 11.8 Å². The van der Waals surface area contributed by atoms with Crippen molar-refractivity contribution in [1.82, 2.24) is 0 Å². The minimum Gasteiger partial charge on any atom is -0.325 e. The molecule has 1 aromatic carbocycles. The first kappa shape index (κ1) is 13.2. The Morgan fingerprint density at radius 3 is 2.88 bits per heavy atom. The van der Waals surface area contributed by atoms with E-state index in [1.165, 1.54) is 25.7 Å². The zero-order chi connectivity index (χ0) is 12.1. The molecule has 0 radical (unpaired) electrons. The van der Waals surface area contributed by atoms with Gasteiger partial charge in [-0.05, 0) is 53.6 Å². The first-order valence-electron chi connectivity index (χ1n) is 5.91. The van der Waals surface area contributed by atoms with Gasteiger partial charge in [-0.2, -0.15) is 0 Å². The third kappa shape index (κ3) is 4.50. The van der Waals surface area contributed by atoms with E-state index in [-0.39, 0.29) is 5.91 Å². The molecule has 0 atom stereocenters. The average molecular weight is 361 g/mol. The molecule has 92 valence electrons. The molecule has 17 heavy (non-hydrogen) atoms. The van der Waals surface area contributed by atoms with Crippen LogP contribution in [0.25, 0.3) is 0 Å². The highest BCUT2D eigenvalue weighted by Crippen LogP contribution is 2.29. The number of anilines is 1. The quantitative estimate of drug-likeness (QED) is 0.824. The molecule has 2 rings (SSSR count). The van der Waals surface area contributed by atoms with Crippen molar-refractivity contribution < 1.29 is 4.79 Å². The van der Waals surface area contributed by atoms with Crippen LogP contribution in [0.1, 0.15) is 25.7 Å². The molecule has 0 unspecified atom stereocenters. The Hall–Kier alpha value is -0.230. The zero-order valence-electron chi connectivity index (χ0n) is 9.62. The Morgan fingerprint density at radius 2 is 2.18 bits per heavy atom. The number of rotatable bonds is 4. The third-order valence-electron chi connectivity index (χ3n) is 2.86. The summed E-state index contributed by atoms with van der Waals surface area (Å²) < 4.78 is 1.14. The Kier molecular flexibility index (Phi) is 5.16. The van der Waals surface area contributed by atoms with Crippen molar-refractivity contribution in [2.45, 2.75) is 30.9 Å². The maximum absolute atomic E-state index is 11.7. The molecule has 1 aliphatic rings. The molecular formula is C13H16INOS. The van der Waals surface area contributed by atoms with Crippen LogP contribution in [0.15, 0.2) is 24.3 Å². The molecule has 1 saturated carbocycles. The summed E-state index contributed by atoms with van der Waals surface area (Å²) in [5.41, 5.74) is 0.897. The van der Waals surface area contributed by atoms with Gasteiger partial charge in [-0.25, -0.2) is 0 Å². The summed E-state index contributed by atoms with van der Waals surface area (Å²) in [6.45, 7) is 0. The van der Waals surface area contributed by atoms with Crippen molar-refractivity contribution in [3.8, 4) is 0 Å². The van der Waals surface area contributed by atoms with E-state index in [9.17, 15) is 4.79 Å². The van der Waals surface area contributed by atoms with Crippen LogP contribution in [-0.2, 0) is 4.79 Å². The second-order valence-electron chi connectivity index (χ2n) is 4.28.